The molecule has 1 saturated heterocycles. The van der Waals surface area contributed by atoms with Crippen LogP contribution < -0.4 is 5.32 Å². The Kier molecular flexibility index (Phi) is 7.11. The van der Waals surface area contributed by atoms with Crippen molar-refractivity contribution in [1.82, 2.24) is 15.1 Å². The number of nitrogens with zero attached hydrogens (tertiary/aromatic N) is 2. The molecular weight excluding hydrogens is 262 g/mol. The Morgan fingerprint density at radius 1 is 1.11 bits per heavy atom. The zero-order valence-corrected chi connectivity index (χ0v) is 13.0. The molecule has 0 unspecified atom stereocenters. The quantitative estimate of drug-likeness (QED) is 0.852. The van der Waals surface area contributed by atoms with E-state index in [4.69, 9.17) is 0 Å². The van der Waals surface area contributed by atoms with Crippen LogP contribution in [0.15, 0.2) is 0 Å². The van der Waals surface area contributed by atoms with Crippen molar-refractivity contribution in [2.75, 3.05) is 39.8 Å². The van der Waals surface area contributed by atoms with Crippen LogP contribution in [0.5, 0.6) is 0 Å². The van der Waals surface area contributed by atoms with Crippen molar-refractivity contribution in [1.29, 1.82) is 0 Å². The first-order chi connectivity index (χ1) is 8.70. The van der Waals surface area contributed by atoms with Crippen LogP contribution in [0, 0.1) is 5.92 Å². The number of likely N-dealkylation sites (N-methyl/N-ethyl adjacent to an activating group) is 1. The minimum Gasteiger partial charge on any atom is -0.339 e. The van der Waals surface area contributed by atoms with Crippen molar-refractivity contribution in [2.24, 2.45) is 5.92 Å². The summed E-state index contributed by atoms with van der Waals surface area (Å²) >= 11 is 0. The van der Waals surface area contributed by atoms with E-state index in [1.807, 2.05) is 11.9 Å². The first-order valence-corrected chi connectivity index (χ1v) is 7.37. The molecule has 0 atom stereocenters. The first kappa shape index (κ1) is 16.7. The molecule has 2 aliphatic rings. The molecule has 2 rings (SSSR count). The van der Waals surface area contributed by atoms with E-state index in [1.54, 1.807) is 0 Å². The smallest absolute Gasteiger partial charge is 0.236 e. The van der Waals surface area contributed by atoms with Crippen LogP contribution in [0.2, 0.25) is 0 Å². The van der Waals surface area contributed by atoms with Gasteiger partial charge in [-0.15, -0.1) is 12.4 Å². The highest BCUT2D eigenvalue weighted by molar-refractivity contribution is 5.85. The molecule has 0 radical (unpaired) electrons. The molecule has 1 aliphatic carbocycles. The van der Waals surface area contributed by atoms with Crippen molar-refractivity contribution in [2.45, 2.75) is 38.6 Å². The fourth-order valence-electron chi connectivity index (χ4n) is 3.21. The third-order valence-electron chi connectivity index (χ3n) is 4.50. The van der Waals surface area contributed by atoms with Crippen molar-refractivity contribution in [3.63, 3.8) is 0 Å². The van der Waals surface area contributed by atoms with Gasteiger partial charge in [0.05, 0.1) is 6.54 Å². The van der Waals surface area contributed by atoms with Gasteiger partial charge in [-0.05, 0) is 38.6 Å². The van der Waals surface area contributed by atoms with Crippen molar-refractivity contribution in [3.05, 3.63) is 0 Å². The van der Waals surface area contributed by atoms with Crippen molar-refractivity contribution in [3.8, 4) is 0 Å². The highest BCUT2D eigenvalue weighted by atomic mass is 35.5. The molecule has 19 heavy (non-hydrogen) atoms. The maximum Gasteiger partial charge on any atom is 0.236 e. The van der Waals surface area contributed by atoms with Gasteiger partial charge in [0.2, 0.25) is 5.91 Å². The number of piperazine rings is 1. The minimum atomic E-state index is 0. The number of halogens is 1. The lowest BCUT2D eigenvalue weighted by Gasteiger charge is -2.41. The highest BCUT2D eigenvalue weighted by Crippen LogP contribution is 2.27. The predicted octanol–water partition coefficient (Wildman–Crippen LogP) is 1.35. The Morgan fingerprint density at radius 2 is 1.68 bits per heavy atom. The molecule has 4 nitrogen and oxygen atoms in total. The van der Waals surface area contributed by atoms with E-state index in [-0.39, 0.29) is 18.3 Å². The highest BCUT2D eigenvalue weighted by Gasteiger charge is 2.28. The molecule has 1 aliphatic heterocycles. The largest absolute Gasteiger partial charge is 0.339 e. The van der Waals surface area contributed by atoms with Crippen LogP contribution in [0.3, 0.4) is 0 Å². The van der Waals surface area contributed by atoms with Gasteiger partial charge in [-0.1, -0.05) is 6.92 Å². The Labute approximate surface area is 123 Å². The van der Waals surface area contributed by atoms with Gasteiger partial charge in [-0.25, -0.2) is 0 Å². The summed E-state index contributed by atoms with van der Waals surface area (Å²) in [6.07, 6.45) is 5.46. The van der Waals surface area contributed by atoms with E-state index in [2.05, 4.69) is 17.1 Å². The third kappa shape index (κ3) is 4.62. The van der Waals surface area contributed by atoms with E-state index >= 15 is 0 Å². The molecule has 1 saturated carbocycles. The molecule has 0 spiro atoms. The fraction of sp³-hybridized carbons (Fsp3) is 0.929. The molecule has 1 N–H and O–H groups in total. The summed E-state index contributed by atoms with van der Waals surface area (Å²) in [6.45, 7) is 6.79. The number of amides is 1. The molecule has 0 aromatic rings. The maximum absolute atomic E-state index is 11.8. The van der Waals surface area contributed by atoms with E-state index in [0.29, 0.717) is 6.54 Å². The second kappa shape index (κ2) is 8.08. The van der Waals surface area contributed by atoms with Crippen LogP contribution >= 0.6 is 12.4 Å². The zero-order valence-electron chi connectivity index (χ0n) is 12.2. The van der Waals surface area contributed by atoms with Gasteiger partial charge in [0.1, 0.15) is 0 Å². The number of hydrogen-bond acceptors (Lipinski definition) is 3. The average molecular weight is 290 g/mol. The molecule has 5 heteroatoms. The number of nitrogens with one attached hydrogen (secondary N) is 1. The molecule has 0 aromatic carbocycles. The predicted molar refractivity (Wildman–Crippen MR) is 80.7 cm³/mol. The summed E-state index contributed by atoms with van der Waals surface area (Å²) in [5.41, 5.74) is 0. The van der Waals surface area contributed by atoms with Crippen LogP contribution in [0.25, 0.3) is 0 Å². The summed E-state index contributed by atoms with van der Waals surface area (Å²) in [7, 11) is 1.83. The summed E-state index contributed by atoms with van der Waals surface area (Å²) in [4.78, 5) is 16.4. The van der Waals surface area contributed by atoms with Crippen LogP contribution in [-0.4, -0.2) is 61.5 Å². The second-order valence-electron chi connectivity index (χ2n) is 5.86. The van der Waals surface area contributed by atoms with Gasteiger partial charge < -0.3 is 10.2 Å². The van der Waals surface area contributed by atoms with Gasteiger partial charge in [-0.2, -0.15) is 0 Å². The SMILES string of the molecule is CNCC(=O)N1CCN(C2CCC(C)CC2)CC1.Cl. The van der Waals surface area contributed by atoms with Crippen LogP contribution in [0.4, 0.5) is 0 Å². The Balaban J connectivity index is 0.00000180. The Hall–Kier alpha value is -0.320. The number of hydrogen-bond donors (Lipinski definition) is 1. The molecule has 0 bridgehead atoms. The molecule has 1 amide bonds. The van der Waals surface area contributed by atoms with E-state index in [0.717, 1.165) is 38.1 Å². The minimum absolute atomic E-state index is 0. The Morgan fingerprint density at radius 3 is 2.21 bits per heavy atom. The summed E-state index contributed by atoms with van der Waals surface area (Å²) in [6, 6.07) is 0.780. The summed E-state index contributed by atoms with van der Waals surface area (Å²) < 4.78 is 0. The second-order valence-corrected chi connectivity index (χ2v) is 5.86. The van der Waals surface area contributed by atoms with Crippen molar-refractivity contribution < 1.29 is 4.79 Å². The van der Waals surface area contributed by atoms with Gasteiger partial charge in [0, 0.05) is 32.2 Å². The topological polar surface area (TPSA) is 35.6 Å². The molecule has 1 heterocycles. The molecule has 112 valence electrons. The lowest BCUT2D eigenvalue weighted by Crippen LogP contribution is -2.53. The number of rotatable bonds is 3. The number of carbonyl (C=O) groups excluding carboxylic acids is 1. The van der Waals surface area contributed by atoms with E-state index in [1.165, 1.54) is 25.7 Å². The van der Waals surface area contributed by atoms with Crippen molar-refractivity contribution >= 4 is 18.3 Å². The standard InChI is InChI=1S/C14H27N3O.ClH/c1-12-3-5-13(6-4-12)16-7-9-17(10-8-16)14(18)11-15-2;/h12-13,15H,3-11H2,1-2H3;1H. The van der Waals surface area contributed by atoms with Crippen LogP contribution in [-0.2, 0) is 4.79 Å². The van der Waals surface area contributed by atoms with Crippen LogP contribution in [0.1, 0.15) is 32.6 Å². The monoisotopic (exact) mass is 289 g/mol. The van der Waals surface area contributed by atoms with E-state index in [9.17, 15) is 4.79 Å². The summed E-state index contributed by atoms with van der Waals surface area (Å²) in [5.74, 6) is 1.16. The van der Waals surface area contributed by atoms with Gasteiger partial charge in [0.25, 0.3) is 0 Å². The van der Waals surface area contributed by atoms with Gasteiger partial charge in [0.15, 0.2) is 0 Å². The lowest BCUT2D eigenvalue weighted by atomic mass is 9.86. The fourth-order valence-corrected chi connectivity index (χ4v) is 3.21. The van der Waals surface area contributed by atoms with E-state index < -0.39 is 0 Å². The van der Waals surface area contributed by atoms with Gasteiger partial charge in [-0.3, -0.25) is 9.69 Å². The third-order valence-corrected chi connectivity index (χ3v) is 4.50. The molecular formula is C14H28ClN3O. The number of carbonyl (C=O) groups is 1. The maximum atomic E-state index is 11.8. The molecule has 0 aromatic heterocycles. The first-order valence-electron chi connectivity index (χ1n) is 7.37. The Bertz CT molecular complexity index is 272. The average Bonchev–Trinajstić information content (AvgIpc) is 2.40. The zero-order chi connectivity index (χ0) is 13.0. The normalized spacial score (nSPS) is 28.8. The molecule has 2 fully saturated rings. The lowest BCUT2D eigenvalue weighted by molar-refractivity contribution is -0.132. The van der Waals surface area contributed by atoms with Gasteiger partial charge >= 0.3 is 0 Å². The summed E-state index contributed by atoms with van der Waals surface area (Å²) in [5, 5.41) is 2.94.